The summed E-state index contributed by atoms with van der Waals surface area (Å²) in [5.41, 5.74) is 1.36. The van der Waals surface area contributed by atoms with Crippen LogP contribution >= 0.6 is 0 Å². The average Bonchev–Trinajstić information content (AvgIpc) is 3.01. The van der Waals surface area contributed by atoms with Gasteiger partial charge in [0.15, 0.2) is 0 Å². The molecule has 6 nitrogen and oxygen atoms in total. The molecule has 1 aromatic carbocycles. The Kier molecular flexibility index (Phi) is 4.71. The molecule has 0 saturated heterocycles. The molecule has 0 unspecified atom stereocenters. The van der Waals surface area contributed by atoms with Crippen molar-refractivity contribution in [3.8, 4) is 11.4 Å². The van der Waals surface area contributed by atoms with Crippen LogP contribution in [0.5, 0.6) is 0 Å². The number of nitrogens with zero attached hydrogens (tertiary/aromatic N) is 2. The van der Waals surface area contributed by atoms with E-state index in [1.165, 1.54) is 0 Å². The molecule has 1 saturated carbocycles. The number of carbonyl (C=O) groups excluding carboxylic acids is 1. The molecule has 6 heteroatoms. The minimum absolute atomic E-state index is 0.132. The van der Waals surface area contributed by atoms with Crippen LogP contribution in [0.25, 0.3) is 11.4 Å². The summed E-state index contributed by atoms with van der Waals surface area (Å²) in [7, 11) is 1.61. The van der Waals surface area contributed by atoms with E-state index in [4.69, 9.17) is 9.26 Å². The van der Waals surface area contributed by atoms with E-state index in [9.17, 15) is 4.79 Å². The number of hydrogen-bond acceptors (Lipinski definition) is 5. The monoisotopic (exact) mass is 315 g/mol. The molecule has 1 N–H and O–H groups in total. The van der Waals surface area contributed by atoms with E-state index in [1.54, 1.807) is 19.2 Å². The molecule has 0 atom stereocenters. The fourth-order valence-electron chi connectivity index (χ4n) is 2.86. The highest BCUT2D eigenvalue weighted by Crippen LogP contribution is 2.32. The van der Waals surface area contributed by atoms with E-state index < -0.39 is 0 Å². The molecule has 1 heterocycles. The van der Waals surface area contributed by atoms with Gasteiger partial charge in [0, 0.05) is 31.2 Å². The number of nitrogens with one attached hydrogen (secondary N) is 1. The molecule has 0 spiro atoms. The second-order valence-electron chi connectivity index (χ2n) is 5.79. The molecule has 0 bridgehead atoms. The summed E-state index contributed by atoms with van der Waals surface area (Å²) in [6.07, 6.45) is 3.28. The van der Waals surface area contributed by atoms with Crippen LogP contribution in [0.2, 0.25) is 0 Å². The van der Waals surface area contributed by atoms with Gasteiger partial charge in [-0.1, -0.05) is 17.3 Å². The maximum absolute atomic E-state index is 11.7. The predicted octanol–water partition coefficient (Wildman–Crippen LogP) is 2.45. The van der Waals surface area contributed by atoms with E-state index in [0.717, 1.165) is 31.4 Å². The zero-order valence-corrected chi connectivity index (χ0v) is 13.4. The molecular weight excluding hydrogens is 294 g/mol. The standard InChI is InChI=1S/C17H21N3O3/c1-3-22-14-7-11(8-14)9-15-19-16(20-23-15)12-5-4-6-13(10-12)17(21)18-2/h4-6,10-11,14H,3,7-9H2,1-2H3,(H,18,21). The van der Waals surface area contributed by atoms with Crippen molar-refractivity contribution in [3.63, 3.8) is 0 Å². The fraction of sp³-hybridized carbons (Fsp3) is 0.471. The summed E-state index contributed by atoms with van der Waals surface area (Å²) in [5.74, 6) is 1.58. The maximum Gasteiger partial charge on any atom is 0.251 e. The third kappa shape index (κ3) is 3.59. The zero-order chi connectivity index (χ0) is 16.2. The Morgan fingerprint density at radius 1 is 1.43 bits per heavy atom. The Bertz CT molecular complexity index is 677. The molecule has 1 aromatic heterocycles. The van der Waals surface area contributed by atoms with Crippen LogP contribution in [0.1, 0.15) is 36.0 Å². The first-order valence-corrected chi connectivity index (χ1v) is 7.96. The van der Waals surface area contributed by atoms with Gasteiger partial charge in [-0.3, -0.25) is 4.79 Å². The summed E-state index contributed by atoms with van der Waals surface area (Å²) in [4.78, 5) is 16.1. The Morgan fingerprint density at radius 3 is 3.00 bits per heavy atom. The second-order valence-corrected chi connectivity index (χ2v) is 5.79. The summed E-state index contributed by atoms with van der Waals surface area (Å²) in [6, 6.07) is 7.21. The predicted molar refractivity (Wildman–Crippen MR) is 85.0 cm³/mol. The summed E-state index contributed by atoms with van der Waals surface area (Å²) >= 11 is 0. The van der Waals surface area contributed by atoms with Gasteiger partial charge in [0.05, 0.1) is 6.10 Å². The van der Waals surface area contributed by atoms with Crippen molar-refractivity contribution in [2.45, 2.75) is 32.3 Å². The number of hydrogen-bond donors (Lipinski definition) is 1. The zero-order valence-electron chi connectivity index (χ0n) is 13.4. The quantitative estimate of drug-likeness (QED) is 0.886. The SMILES string of the molecule is CCOC1CC(Cc2nc(-c3cccc(C(=O)NC)c3)no2)C1. The van der Waals surface area contributed by atoms with E-state index in [0.29, 0.717) is 29.3 Å². The molecule has 2 aromatic rings. The first-order valence-electron chi connectivity index (χ1n) is 7.96. The van der Waals surface area contributed by atoms with Crippen molar-refractivity contribution >= 4 is 5.91 Å². The van der Waals surface area contributed by atoms with Crippen molar-refractivity contribution in [2.75, 3.05) is 13.7 Å². The summed E-state index contributed by atoms with van der Waals surface area (Å²) in [6.45, 7) is 2.79. The highest BCUT2D eigenvalue weighted by Gasteiger charge is 2.31. The van der Waals surface area contributed by atoms with Gasteiger partial charge in [-0.25, -0.2) is 0 Å². The first kappa shape index (κ1) is 15.7. The van der Waals surface area contributed by atoms with Crippen molar-refractivity contribution in [1.82, 2.24) is 15.5 Å². The molecule has 1 amide bonds. The van der Waals surface area contributed by atoms with Gasteiger partial charge in [-0.2, -0.15) is 4.98 Å². The minimum atomic E-state index is -0.132. The van der Waals surface area contributed by atoms with Crippen molar-refractivity contribution < 1.29 is 14.1 Å². The van der Waals surface area contributed by atoms with Crippen LogP contribution in [-0.2, 0) is 11.2 Å². The smallest absolute Gasteiger partial charge is 0.251 e. The van der Waals surface area contributed by atoms with E-state index in [2.05, 4.69) is 15.5 Å². The maximum atomic E-state index is 11.7. The third-order valence-electron chi connectivity index (χ3n) is 4.14. The van der Waals surface area contributed by atoms with Crippen LogP contribution in [0.3, 0.4) is 0 Å². The van der Waals surface area contributed by atoms with Gasteiger partial charge in [0.2, 0.25) is 11.7 Å². The molecule has 0 radical (unpaired) electrons. The molecule has 0 aliphatic heterocycles. The summed E-state index contributed by atoms with van der Waals surface area (Å²) < 4.78 is 10.9. The average molecular weight is 315 g/mol. The fourth-order valence-corrected chi connectivity index (χ4v) is 2.86. The number of ether oxygens (including phenoxy) is 1. The van der Waals surface area contributed by atoms with Gasteiger partial charge in [-0.15, -0.1) is 0 Å². The highest BCUT2D eigenvalue weighted by atomic mass is 16.5. The molecule has 122 valence electrons. The van der Waals surface area contributed by atoms with Gasteiger partial charge >= 0.3 is 0 Å². The normalized spacial score (nSPS) is 20.1. The van der Waals surface area contributed by atoms with Crippen molar-refractivity contribution in [3.05, 3.63) is 35.7 Å². The Balaban J connectivity index is 1.64. The van der Waals surface area contributed by atoms with Crippen LogP contribution in [0, 0.1) is 5.92 Å². The van der Waals surface area contributed by atoms with Crippen LogP contribution < -0.4 is 5.32 Å². The lowest BCUT2D eigenvalue weighted by atomic mass is 9.80. The minimum Gasteiger partial charge on any atom is -0.378 e. The molecule has 1 aliphatic rings. The first-order chi connectivity index (χ1) is 11.2. The number of rotatable bonds is 6. The van der Waals surface area contributed by atoms with Gasteiger partial charge < -0.3 is 14.6 Å². The molecule has 23 heavy (non-hydrogen) atoms. The lowest BCUT2D eigenvalue weighted by molar-refractivity contribution is -0.0258. The lowest BCUT2D eigenvalue weighted by Crippen LogP contribution is -2.32. The Labute approximate surface area is 135 Å². The van der Waals surface area contributed by atoms with Gasteiger partial charge in [0.1, 0.15) is 0 Å². The summed E-state index contributed by atoms with van der Waals surface area (Å²) in [5, 5.41) is 6.64. The number of benzene rings is 1. The Morgan fingerprint density at radius 2 is 2.26 bits per heavy atom. The molecular formula is C17H21N3O3. The molecule has 3 rings (SSSR count). The number of amides is 1. The number of aromatic nitrogens is 2. The van der Waals surface area contributed by atoms with E-state index >= 15 is 0 Å². The second kappa shape index (κ2) is 6.91. The van der Waals surface area contributed by atoms with Crippen molar-refractivity contribution in [2.24, 2.45) is 5.92 Å². The van der Waals surface area contributed by atoms with Crippen molar-refractivity contribution in [1.29, 1.82) is 0 Å². The van der Waals surface area contributed by atoms with Gasteiger partial charge in [0.25, 0.3) is 5.91 Å². The van der Waals surface area contributed by atoms with E-state index in [-0.39, 0.29) is 5.91 Å². The van der Waals surface area contributed by atoms with Gasteiger partial charge in [-0.05, 0) is 37.8 Å². The molecule has 1 fully saturated rings. The van der Waals surface area contributed by atoms with E-state index in [1.807, 2.05) is 19.1 Å². The third-order valence-corrected chi connectivity index (χ3v) is 4.14. The van der Waals surface area contributed by atoms with Crippen LogP contribution in [-0.4, -0.2) is 35.8 Å². The topological polar surface area (TPSA) is 77.2 Å². The van der Waals surface area contributed by atoms with Crippen LogP contribution in [0.15, 0.2) is 28.8 Å². The highest BCUT2D eigenvalue weighted by molar-refractivity contribution is 5.95. The molecule has 1 aliphatic carbocycles. The van der Waals surface area contributed by atoms with Crippen LogP contribution in [0.4, 0.5) is 0 Å². The lowest BCUT2D eigenvalue weighted by Gasteiger charge is -2.33. The Hall–Kier alpha value is -2.21. The largest absolute Gasteiger partial charge is 0.378 e. The number of carbonyl (C=O) groups is 1.